The second kappa shape index (κ2) is 7.85. The highest BCUT2D eigenvalue weighted by Gasteiger charge is 2.20. The summed E-state index contributed by atoms with van der Waals surface area (Å²) in [5, 5.41) is 14.2. The van der Waals surface area contributed by atoms with Crippen molar-refractivity contribution in [2.24, 2.45) is 5.41 Å². The number of rotatable bonds is 6. The summed E-state index contributed by atoms with van der Waals surface area (Å²) in [4.78, 5) is 24.0. The minimum atomic E-state index is -0.477. The number of amides is 2. The molecule has 1 aromatic rings. The number of carbonyl (C=O) groups excluding carboxylic acids is 2. The van der Waals surface area contributed by atoms with Gasteiger partial charge in [0.25, 0.3) is 0 Å². The van der Waals surface area contributed by atoms with E-state index >= 15 is 0 Å². The molecule has 0 heterocycles. The molecule has 21 heavy (non-hydrogen) atoms. The molecule has 0 aromatic heterocycles. The lowest BCUT2D eigenvalue weighted by molar-refractivity contribution is -0.122. The van der Waals surface area contributed by atoms with Crippen LogP contribution < -0.4 is 10.6 Å². The fourth-order valence-electron chi connectivity index (χ4n) is 1.48. The van der Waals surface area contributed by atoms with Gasteiger partial charge in [-0.3, -0.25) is 9.59 Å². The summed E-state index contributed by atoms with van der Waals surface area (Å²) < 4.78 is 0. The number of anilines is 1. The van der Waals surface area contributed by atoms with Gasteiger partial charge in [0.15, 0.2) is 0 Å². The van der Waals surface area contributed by atoms with Crippen LogP contribution in [0.5, 0.6) is 0 Å². The van der Waals surface area contributed by atoms with Crippen LogP contribution in [0, 0.1) is 5.41 Å². The van der Waals surface area contributed by atoms with Crippen molar-refractivity contribution in [2.75, 3.05) is 11.9 Å². The Hall–Kier alpha value is -1.79. The van der Waals surface area contributed by atoms with Crippen LogP contribution in [0.4, 0.5) is 5.69 Å². The molecular formula is C15H20N2O3S. The van der Waals surface area contributed by atoms with E-state index in [1.165, 1.54) is 12.3 Å². The molecule has 6 heteroatoms. The molecule has 1 rings (SSSR count). The summed E-state index contributed by atoms with van der Waals surface area (Å²) in [5.41, 5.74) is 0.171. The Kier molecular flexibility index (Phi) is 6.45. The monoisotopic (exact) mass is 308 g/mol. The van der Waals surface area contributed by atoms with Crippen molar-refractivity contribution in [3.05, 3.63) is 36.5 Å². The molecule has 0 radical (unpaired) electrons. The normalized spacial score (nSPS) is 11.4. The zero-order chi connectivity index (χ0) is 15.9. The molecule has 0 saturated carbocycles. The van der Waals surface area contributed by atoms with Gasteiger partial charge in [-0.1, -0.05) is 13.8 Å². The van der Waals surface area contributed by atoms with E-state index in [2.05, 4.69) is 23.3 Å². The minimum Gasteiger partial charge on any atom is -0.396 e. The highest BCUT2D eigenvalue weighted by Crippen LogP contribution is 2.18. The van der Waals surface area contributed by atoms with Crippen LogP contribution >= 0.6 is 12.6 Å². The van der Waals surface area contributed by atoms with Crippen molar-refractivity contribution >= 4 is 30.1 Å². The van der Waals surface area contributed by atoms with Crippen molar-refractivity contribution in [1.82, 2.24) is 5.32 Å². The van der Waals surface area contributed by atoms with Gasteiger partial charge in [0.2, 0.25) is 11.8 Å². The van der Waals surface area contributed by atoms with E-state index < -0.39 is 5.41 Å². The highest BCUT2D eigenvalue weighted by molar-refractivity contribution is 7.80. The van der Waals surface area contributed by atoms with Crippen LogP contribution in [-0.2, 0) is 9.59 Å². The summed E-state index contributed by atoms with van der Waals surface area (Å²) in [6.45, 7) is 3.49. The van der Waals surface area contributed by atoms with E-state index in [1.807, 2.05) is 0 Å². The molecule has 1 aromatic carbocycles. The van der Waals surface area contributed by atoms with Crippen LogP contribution in [0.15, 0.2) is 41.4 Å². The van der Waals surface area contributed by atoms with Crippen molar-refractivity contribution in [3.8, 4) is 0 Å². The molecule has 0 fully saturated rings. The zero-order valence-corrected chi connectivity index (χ0v) is 13.0. The van der Waals surface area contributed by atoms with Crippen molar-refractivity contribution in [3.63, 3.8) is 0 Å². The molecule has 2 amide bonds. The van der Waals surface area contributed by atoms with Crippen LogP contribution in [0.1, 0.15) is 20.3 Å². The van der Waals surface area contributed by atoms with Gasteiger partial charge in [0.1, 0.15) is 0 Å². The number of hydrogen-bond donors (Lipinski definition) is 4. The number of aliphatic hydroxyl groups is 1. The van der Waals surface area contributed by atoms with E-state index in [1.54, 1.807) is 38.1 Å². The third-order valence-corrected chi connectivity index (χ3v) is 2.98. The fourth-order valence-corrected chi connectivity index (χ4v) is 1.63. The Bertz CT molecular complexity index is 524. The Morgan fingerprint density at radius 2 is 1.90 bits per heavy atom. The van der Waals surface area contributed by atoms with E-state index in [0.717, 1.165) is 4.90 Å². The lowest BCUT2D eigenvalue weighted by Gasteiger charge is -2.19. The first-order valence-electron chi connectivity index (χ1n) is 6.49. The van der Waals surface area contributed by atoms with Gasteiger partial charge in [-0.15, -0.1) is 12.6 Å². The molecule has 0 saturated heterocycles. The van der Waals surface area contributed by atoms with E-state index in [9.17, 15) is 9.59 Å². The van der Waals surface area contributed by atoms with Crippen LogP contribution in [0.3, 0.4) is 0 Å². The zero-order valence-electron chi connectivity index (χ0n) is 12.1. The van der Waals surface area contributed by atoms with E-state index in [4.69, 9.17) is 5.11 Å². The predicted molar refractivity (Wildman–Crippen MR) is 85.1 cm³/mol. The van der Waals surface area contributed by atoms with Crippen molar-refractivity contribution < 1.29 is 14.7 Å². The maximum Gasteiger partial charge on any atom is 0.249 e. The molecule has 0 unspecified atom stereocenters. The predicted octanol–water partition coefficient (Wildman–Crippen LogP) is 1.95. The highest BCUT2D eigenvalue weighted by atomic mass is 32.1. The Labute approximate surface area is 129 Å². The summed E-state index contributed by atoms with van der Waals surface area (Å²) in [5.74, 6) is -0.596. The van der Waals surface area contributed by atoms with E-state index in [-0.39, 0.29) is 24.8 Å². The minimum absolute atomic E-state index is 0.0776. The van der Waals surface area contributed by atoms with Gasteiger partial charge in [-0.05, 0) is 29.7 Å². The smallest absolute Gasteiger partial charge is 0.249 e. The maximum atomic E-state index is 11.6. The quantitative estimate of drug-likeness (QED) is 0.479. The first kappa shape index (κ1) is 17.3. The first-order chi connectivity index (χ1) is 9.82. The standard InChI is InChI=1S/C15H20N2O3S/c1-15(2,10-18)9-14(20)16-8-7-13(19)17-11-3-5-12(21)6-4-11/h3-8,18,21H,9-10H2,1-2H3,(H,16,20)(H,17,19)/b8-7+. The number of benzene rings is 1. The molecule has 0 atom stereocenters. The third-order valence-electron chi connectivity index (χ3n) is 2.68. The Morgan fingerprint density at radius 3 is 2.48 bits per heavy atom. The van der Waals surface area contributed by atoms with Gasteiger partial charge in [0.05, 0.1) is 0 Å². The summed E-state index contributed by atoms with van der Waals surface area (Å²) in [6, 6.07) is 7.00. The molecule has 3 N–H and O–H groups in total. The number of thiol groups is 1. The first-order valence-corrected chi connectivity index (χ1v) is 6.94. The molecule has 0 aliphatic heterocycles. The van der Waals surface area contributed by atoms with Crippen molar-refractivity contribution in [1.29, 1.82) is 0 Å². The molecular weight excluding hydrogens is 288 g/mol. The van der Waals surface area contributed by atoms with Gasteiger partial charge in [0, 0.05) is 35.9 Å². The second-order valence-corrected chi connectivity index (χ2v) is 5.95. The average Bonchev–Trinajstić information content (AvgIpc) is 2.41. The summed E-state index contributed by atoms with van der Waals surface area (Å²) >= 11 is 4.15. The van der Waals surface area contributed by atoms with Gasteiger partial charge >= 0.3 is 0 Å². The topological polar surface area (TPSA) is 78.4 Å². The largest absolute Gasteiger partial charge is 0.396 e. The lowest BCUT2D eigenvalue weighted by Crippen LogP contribution is -2.27. The van der Waals surface area contributed by atoms with Gasteiger partial charge in [-0.2, -0.15) is 0 Å². The average molecular weight is 308 g/mol. The summed E-state index contributed by atoms with van der Waals surface area (Å²) in [7, 11) is 0. The van der Waals surface area contributed by atoms with Crippen LogP contribution in [0.25, 0.3) is 0 Å². The fraction of sp³-hybridized carbons (Fsp3) is 0.333. The number of nitrogens with one attached hydrogen (secondary N) is 2. The molecule has 114 valence electrons. The molecule has 0 bridgehead atoms. The summed E-state index contributed by atoms with van der Waals surface area (Å²) in [6.07, 6.45) is 2.70. The van der Waals surface area contributed by atoms with Crippen molar-refractivity contribution in [2.45, 2.75) is 25.2 Å². The maximum absolute atomic E-state index is 11.6. The number of aliphatic hydroxyl groups excluding tert-OH is 1. The third kappa shape index (κ3) is 6.97. The number of carbonyl (C=O) groups is 2. The molecule has 0 aliphatic rings. The van der Waals surface area contributed by atoms with E-state index in [0.29, 0.717) is 5.69 Å². The van der Waals surface area contributed by atoms with Crippen LogP contribution in [0.2, 0.25) is 0 Å². The number of hydrogen-bond acceptors (Lipinski definition) is 4. The van der Waals surface area contributed by atoms with Gasteiger partial charge < -0.3 is 15.7 Å². The molecule has 0 aliphatic carbocycles. The Morgan fingerprint density at radius 1 is 1.29 bits per heavy atom. The molecule has 0 spiro atoms. The SMILES string of the molecule is CC(C)(CO)CC(=O)N/C=C/C(=O)Nc1ccc(S)cc1. The Balaban J connectivity index is 2.41. The second-order valence-electron chi connectivity index (χ2n) is 5.44. The molecule has 5 nitrogen and oxygen atoms in total. The lowest BCUT2D eigenvalue weighted by atomic mass is 9.90. The van der Waals surface area contributed by atoms with Crippen LogP contribution in [-0.4, -0.2) is 23.5 Å². The van der Waals surface area contributed by atoms with Gasteiger partial charge in [-0.25, -0.2) is 0 Å².